The Hall–Kier alpha value is -4.39. The van der Waals surface area contributed by atoms with Gasteiger partial charge >= 0.3 is 6.09 Å². The Morgan fingerprint density at radius 3 is 2.97 bits per heavy atom. The fourth-order valence-corrected chi connectivity index (χ4v) is 3.89. The predicted octanol–water partition coefficient (Wildman–Crippen LogP) is 3.63. The number of ether oxygens (including phenoxy) is 2. The van der Waals surface area contributed by atoms with E-state index < -0.39 is 12.0 Å². The minimum absolute atomic E-state index is 0.170. The number of carbonyl (C=O) groups excluding carboxylic acids is 3. The molecular weight excluding hydrogens is 438 g/mol. The predicted molar refractivity (Wildman–Crippen MR) is 123 cm³/mol. The van der Waals surface area contributed by atoms with Crippen LogP contribution in [0.2, 0.25) is 0 Å². The van der Waals surface area contributed by atoms with Gasteiger partial charge in [0.25, 0.3) is 12.4 Å². The molecule has 0 spiro atoms. The third-order valence-corrected chi connectivity index (χ3v) is 5.60. The summed E-state index contributed by atoms with van der Waals surface area (Å²) < 4.78 is 11.8. The molecule has 174 valence electrons. The monoisotopic (exact) mass is 461 g/mol. The van der Waals surface area contributed by atoms with Crippen molar-refractivity contribution in [1.82, 2.24) is 9.55 Å². The Morgan fingerprint density at radius 2 is 2.21 bits per heavy atom. The first kappa shape index (κ1) is 22.8. The second-order valence-electron chi connectivity index (χ2n) is 7.85. The number of imidazole rings is 1. The summed E-state index contributed by atoms with van der Waals surface area (Å²) in [5.41, 5.74) is 2.68. The zero-order valence-corrected chi connectivity index (χ0v) is 18.6. The molecule has 1 fully saturated rings. The van der Waals surface area contributed by atoms with Crippen LogP contribution in [-0.2, 0) is 14.3 Å². The number of anilines is 2. The topological polar surface area (TPSA) is 127 Å². The zero-order chi connectivity index (χ0) is 24.1. The summed E-state index contributed by atoms with van der Waals surface area (Å²) in [7, 11) is 0. The van der Waals surface area contributed by atoms with Gasteiger partial charge in [-0.1, -0.05) is 6.07 Å². The van der Waals surface area contributed by atoms with Crippen molar-refractivity contribution in [2.24, 2.45) is 0 Å². The number of carbonyl (C=O) groups is 3. The van der Waals surface area contributed by atoms with E-state index in [1.54, 1.807) is 29.2 Å². The van der Waals surface area contributed by atoms with Crippen LogP contribution in [0.4, 0.5) is 16.4 Å². The first-order chi connectivity index (χ1) is 16.5. The Bertz CT molecular complexity index is 1280. The third-order valence-electron chi connectivity index (χ3n) is 5.60. The Balaban J connectivity index is 1.71. The van der Waals surface area contributed by atoms with Crippen LogP contribution in [0.5, 0.6) is 0 Å². The number of fused-ring (bicyclic) bond motifs is 1. The molecule has 1 N–H and O–H groups in total. The van der Waals surface area contributed by atoms with Gasteiger partial charge in [0.2, 0.25) is 5.95 Å². The van der Waals surface area contributed by atoms with Gasteiger partial charge in [0.1, 0.15) is 0 Å². The molecule has 0 aliphatic carbocycles. The van der Waals surface area contributed by atoms with E-state index in [1.165, 1.54) is 6.07 Å². The maximum atomic E-state index is 12.9. The van der Waals surface area contributed by atoms with Crippen LogP contribution >= 0.6 is 0 Å². The molecule has 1 saturated heterocycles. The minimum atomic E-state index is -0.412. The Morgan fingerprint density at radius 1 is 1.35 bits per heavy atom. The first-order valence-corrected chi connectivity index (χ1v) is 10.8. The molecule has 2 amide bonds. The molecule has 2 heterocycles. The number of benzene rings is 2. The van der Waals surface area contributed by atoms with Crippen molar-refractivity contribution in [1.29, 1.82) is 5.26 Å². The highest BCUT2D eigenvalue weighted by molar-refractivity contribution is 6.04. The molecule has 0 bridgehead atoms. The van der Waals surface area contributed by atoms with Gasteiger partial charge in [-0.25, -0.2) is 9.78 Å². The fraction of sp³-hybridized carbons (Fsp3) is 0.292. The normalized spacial score (nSPS) is 14.2. The largest absolute Gasteiger partial charge is 0.468 e. The Kier molecular flexibility index (Phi) is 6.73. The molecule has 1 unspecified atom stereocenters. The molecule has 1 aromatic heterocycles. The highest BCUT2D eigenvalue weighted by Gasteiger charge is 2.24. The lowest BCUT2D eigenvalue weighted by molar-refractivity contribution is -0.128. The van der Waals surface area contributed by atoms with Gasteiger partial charge in [0, 0.05) is 30.3 Å². The van der Waals surface area contributed by atoms with Crippen molar-refractivity contribution in [3.63, 3.8) is 0 Å². The Labute approximate surface area is 195 Å². The molecule has 10 nitrogen and oxygen atoms in total. The lowest BCUT2D eigenvalue weighted by Crippen LogP contribution is -2.37. The van der Waals surface area contributed by atoms with E-state index >= 15 is 0 Å². The summed E-state index contributed by atoms with van der Waals surface area (Å²) in [5.74, 6) is -0.107. The van der Waals surface area contributed by atoms with Gasteiger partial charge in [-0.05, 0) is 49.7 Å². The summed E-state index contributed by atoms with van der Waals surface area (Å²) in [4.78, 5) is 41.8. The van der Waals surface area contributed by atoms with Crippen LogP contribution in [0, 0.1) is 11.3 Å². The molecule has 2 aromatic carbocycles. The average molecular weight is 461 g/mol. The standard InChI is InChI=1S/C24H23N5O5/c1-16(8-11-33-15-30)29-21-7-6-19(28-9-3-10-34-24(28)32)13-20(21)26-23(29)27-22(31)18-5-2-4-17(12-18)14-25/h2,4-7,12-13,15-16H,3,8-11H2,1H3,(H,26,27,31). The van der Waals surface area contributed by atoms with E-state index in [9.17, 15) is 14.4 Å². The molecular formula is C24H23N5O5. The van der Waals surface area contributed by atoms with Crippen molar-refractivity contribution >= 4 is 41.1 Å². The van der Waals surface area contributed by atoms with Gasteiger partial charge in [0.05, 0.1) is 35.9 Å². The van der Waals surface area contributed by atoms with Gasteiger partial charge in [-0.2, -0.15) is 5.26 Å². The molecule has 1 aliphatic rings. The van der Waals surface area contributed by atoms with Crippen molar-refractivity contribution in [3.8, 4) is 6.07 Å². The number of hydrogen-bond acceptors (Lipinski definition) is 7. The van der Waals surface area contributed by atoms with Crippen LogP contribution in [0.1, 0.15) is 41.7 Å². The van der Waals surface area contributed by atoms with Crippen molar-refractivity contribution < 1.29 is 23.9 Å². The number of aromatic nitrogens is 2. The highest BCUT2D eigenvalue weighted by Crippen LogP contribution is 2.30. The van der Waals surface area contributed by atoms with E-state index in [2.05, 4.69) is 10.3 Å². The second kappa shape index (κ2) is 10.0. The molecule has 34 heavy (non-hydrogen) atoms. The van der Waals surface area contributed by atoms with E-state index in [0.29, 0.717) is 54.3 Å². The molecule has 3 aromatic rings. The number of nitriles is 1. The summed E-state index contributed by atoms with van der Waals surface area (Å²) in [6.45, 7) is 3.48. The fourth-order valence-electron chi connectivity index (χ4n) is 3.89. The molecule has 0 radical (unpaired) electrons. The van der Waals surface area contributed by atoms with E-state index in [0.717, 1.165) is 11.9 Å². The van der Waals surface area contributed by atoms with E-state index in [-0.39, 0.29) is 12.6 Å². The first-order valence-electron chi connectivity index (χ1n) is 10.8. The van der Waals surface area contributed by atoms with Crippen LogP contribution < -0.4 is 10.2 Å². The van der Waals surface area contributed by atoms with Gasteiger partial charge in [-0.3, -0.25) is 19.8 Å². The molecule has 4 rings (SSSR count). The van der Waals surface area contributed by atoms with E-state index in [1.807, 2.05) is 29.7 Å². The number of hydrogen-bond donors (Lipinski definition) is 1. The summed E-state index contributed by atoms with van der Waals surface area (Å²) in [6.07, 6.45) is 0.821. The summed E-state index contributed by atoms with van der Waals surface area (Å²) in [6, 6.07) is 13.7. The van der Waals surface area contributed by atoms with Gasteiger partial charge in [0.15, 0.2) is 0 Å². The summed E-state index contributed by atoms with van der Waals surface area (Å²) in [5, 5.41) is 12.0. The maximum Gasteiger partial charge on any atom is 0.414 e. The second-order valence-corrected chi connectivity index (χ2v) is 7.85. The quantitative estimate of drug-likeness (QED) is 0.401. The summed E-state index contributed by atoms with van der Waals surface area (Å²) >= 11 is 0. The molecule has 0 saturated carbocycles. The number of nitrogens with one attached hydrogen (secondary N) is 1. The van der Waals surface area contributed by atoms with Crippen molar-refractivity contribution in [2.45, 2.75) is 25.8 Å². The zero-order valence-electron chi connectivity index (χ0n) is 18.6. The van der Waals surface area contributed by atoms with E-state index in [4.69, 9.17) is 14.7 Å². The third kappa shape index (κ3) is 4.68. The lowest BCUT2D eigenvalue weighted by atomic mass is 10.1. The molecule has 1 aliphatic heterocycles. The van der Waals surface area contributed by atoms with Crippen LogP contribution in [0.25, 0.3) is 11.0 Å². The van der Waals surface area contributed by atoms with Gasteiger partial charge in [-0.15, -0.1) is 0 Å². The number of rotatable bonds is 8. The number of amides is 2. The smallest absolute Gasteiger partial charge is 0.414 e. The molecule has 1 atom stereocenters. The van der Waals surface area contributed by atoms with Crippen LogP contribution in [0.15, 0.2) is 42.5 Å². The van der Waals surface area contributed by atoms with Crippen molar-refractivity contribution in [2.75, 3.05) is 30.0 Å². The highest BCUT2D eigenvalue weighted by atomic mass is 16.6. The molecule has 10 heteroatoms. The lowest BCUT2D eigenvalue weighted by Gasteiger charge is -2.26. The van der Waals surface area contributed by atoms with Crippen molar-refractivity contribution in [3.05, 3.63) is 53.6 Å². The average Bonchev–Trinajstić information content (AvgIpc) is 3.21. The number of cyclic esters (lactones) is 1. The number of nitrogens with zero attached hydrogens (tertiary/aromatic N) is 4. The minimum Gasteiger partial charge on any atom is -0.468 e. The van der Waals surface area contributed by atoms with Crippen LogP contribution in [-0.4, -0.2) is 47.8 Å². The van der Waals surface area contributed by atoms with Gasteiger partial charge < -0.3 is 14.0 Å². The maximum absolute atomic E-state index is 12.9. The van der Waals surface area contributed by atoms with Crippen LogP contribution in [0.3, 0.4) is 0 Å². The SMILES string of the molecule is CC(CCOC=O)n1c(NC(=O)c2cccc(C#N)c2)nc2cc(N3CCCOC3=O)ccc21.